The Bertz CT molecular complexity index is 1580. The van der Waals surface area contributed by atoms with Crippen molar-refractivity contribution in [1.29, 1.82) is 0 Å². The number of nitrogens with zero attached hydrogens (tertiary/aromatic N) is 2. The first-order valence-electron chi connectivity index (χ1n) is 13.8. The molecule has 1 heterocycles. The summed E-state index contributed by atoms with van der Waals surface area (Å²) < 4.78 is 62.4. The molecule has 0 amide bonds. The molecule has 0 saturated carbocycles. The van der Waals surface area contributed by atoms with Crippen LogP contribution in [0, 0.1) is 17.5 Å². The van der Waals surface area contributed by atoms with Gasteiger partial charge >= 0.3 is 0 Å². The second-order valence-electron chi connectivity index (χ2n) is 10.3. The highest BCUT2D eigenvalue weighted by Crippen LogP contribution is 2.47. The van der Waals surface area contributed by atoms with E-state index in [9.17, 15) is 4.39 Å². The van der Waals surface area contributed by atoms with Crippen LogP contribution in [0.1, 0.15) is 54.8 Å². The fourth-order valence-corrected chi connectivity index (χ4v) is 6.56. The van der Waals surface area contributed by atoms with E-state index in [1.807, 2.05) is 29.7 Å². The quantitative estimate of drug-likeness (QED) is 0.137. The summed E-state index contributed by atoms with van der Waals surface area (Å²) in [5.74, 6) is -0.356. The number of imidazole rings is 1. The van der Waals surface area contributed by atoms with Crippen LogP contribution in [0.25, 0.3) is 11.8 Å². The minimum Gasteiger partial charge on any atom is -0.501 e. The first-order valence-corrected chi connectivity index (χ1v) is 14.8. The normalized spacial score (nSPS) is 16.5. The number of methoxy groups -OCH3 is 2. The van der Waals surface area contributed by atoms with Crippen LogP contribution in [-0.2, 0) is 22.3 Å². The fourth-order valence-electron chi connectivity index (χ4n) is 5.51. The van der Waals surface area contributed by atoms with Crippen molar-refractivity contribution in [2.45, 2.75) is 49.4 Å². The minimum absolute atomic E-state index is 0.0251. The Balaban J connectivity index is 1.58. The van der Waals surface area contributed by atoms with Crippen molar-refractivity contribution in [3.63, 3.8) is 0 Å². The van der Waals surface area contributed by atoms with Gasteiger partial charge in [-0.2, -0.15) is 0 Å². The predicted molar refractivity (Wildman–Crippen MR) is 159 cm³/mol. The third kappa shape index (κ3) is 5.75. The lowest BCUT2D eigenvalue weighted by molar-refractivity contribution is 0.272. The van der Waals surface area contributed by atoms with Crippen LogP contribution in [0.2, 0.25) is 0 Å². The van der Waals surface area contributed by atoms with Crippen molar-refractivity contribution >= 4 is 17.8 Å². The number of benzene rings is 3. The third-order valence-corrected chi connectivity index (χ3v) is 8.63. The number of rotatable bonds is 10. The average molecular weight is 595 g/mol. The molecule has 1 unspecified atom stereocenters. The van der Waals surface area contributed by atoms with Crippen molar-refractivity contribution in [2.24, 2.45) is 0 Å². The highest BCUT2D eigenvalue weighted by Gasteiger charge is 2.40. The van der Waals surface area contributed by atoms with Crippen molar-refractivity contribution in [2.75, 3.05) is 20.8 Å². The molecule has 9 heteroatoms. The molecular formula is C33H33F3N2O3S. The van der Waals surface area contributed by atoms with Gasteiger partial charge in [0.2, 0.25) is 0 Å². The van der Waals surface area contributed by atoms with E-state index in [2.05, 4.69) is 6.92 Å². The molecule has 3 aromatic carbocycles. The number of halogens is 3. The molecular weight excluding hydrogens is 561 g/mol. The number of aromatic nitrogens is 2. The molecule has 0 radical (unpaired) electrons. The molecule has 0 bridgehead atoms. The Hall–Kier alpha value is -3.85. The van der Waals surface area contributed by atoms with Crippen LogP contribution >= 0.6 is 11.8 Å². The van der Waals surface area contributed by atoms with E-state index in [0.29, 0.717) is 28.8 Å². The predicted octanol–water partition coefficient (Wildman–Crippen LogP) is 8.25. The molecule has 1 aliphatic carbocycles. The summed E-state index contributed by atoms with van der Waals surface area (Å²) in [5.41, 5.74) is 3.48. The zero-order valence-corrected chi connectivity index (χ0v) is 24.9. The molecule has 42 heavy (non-hydrogen) atoms. The van der Waals surface area contributed by atoms with Gasteiger partial charge in [0, 0.05) is 22.4 Å². The molecule has 0 fully saturated rings. The molecule has 0 saturated heterocycles. The van der Waals surface area contributed by atoms with Crippen molar-refractivity contribution in [3.8, 4) is 17.2 Å². The third-order valence-electron chi connectivity index (χ3n) is 7.67. The topological polar surface area (TPSA) is 45.5 Å². The second kappa shape index (κ2) is 12.6. The molecule has 5 nitrogen and oxygen atoms in total. The SMILES string of the molecule is CCO/C=C/c1cc(F)c(CSc2nc3c(n2-c2ccc(F)cc2)C(C)(c2ccc(OC)c(OC)c2)CCC3)c(F)c1. The lowest BCUT2D eigenvalue weighted by atomic mass is 9.71. The Morgan fingerprint density at radius 2 is 1.69 bits per heavy atom. The maximum Gasteiger partial charge on any atom is 0.173 e. The van der Waals surface area contributed by atoms with E-state index in [1.54, 1.807) is 26.4 Å². The van der Waals surface area contributed by atoms with Gasteiger partial charge in [-0.1, -0.05) is 17.8 Å². The van der Waals surface area contributed by atoms with Gasteiger partial charge in [0.1, 0.15) is 17.5 Å². The summed E-state index contributed by atoms with van der Waals surface area (Å²) in [6, 6.07) is 14.7. The average Bonchev–Trinajstić information content (AvgIpc) is 3.36. The van der Waals surface area contributed by atoms with Crippen LogP contribution in [0.15, 0.2) is 66.0 Å². The summed E-state index contributed by atoms with van der Waals surface area (Å²) in [6.07, 6.45) is 5.44. The summed E-state index contributed by atoms with van der Waals surface area (Å²) in [4.78, 5) is 4.99. The van der Waals surface area contributed by atoms with Gasteiger partial charge < -0.3 is 14.2 Å². The van der Waals surface area contributed by atoms with E-state index in [1.165, 1.54) is 48.4 Å². The first-order chi connectivity index (χ1) is 20.3. The zero-order chi connectivity index (χ0) is 29.9. The molecule has 0 aliphatic heterocycles. The van der Waals surface area contributed by atoms with Crippen LogP contribution < -0.4 is 9.47 Å². The molecule has 220 valence electrons. The van der Waals surface area contributed by atoms with Crippen molar-refractivity contribution in [1.82, 2.24) is 9.55 Å². The largest absolute Gasteiger partial charge is 0.501 e. The first kappa shape index (κ1) is 29.6. The van der Waals surface area contributed by atoms with Crippen molar-refractivity contribution in [3.05, 3.63) is 106 Å². The standard InChI is InChI=1S/C33H33F3N2O3S/c1-5-41-16-14-21-17-26(35)25(27(36)18-21)20-42-32-37-28-7-6-15-33(2,22-8-13-29(39-3)30(19-22)40-4)31(28)38(32)24-11-9-23(34)10-12-24/h8-14,16-19H,5-7,15,20H2,1-4H3/b16-14+. The number of ether oxygens (including phenoxy) is 3. The van der Waals surface area contributed by atoms with E-state index < -0.39 is 17.0 Å². The maximum absolute atomic E-state index is 15.1. The van der Waals surface area contributed by atoms with Gasteiger partial charge in [-0.05, 0) is 98.8 Å². The number of thioether (sulfide) groups is 1. The molecule has 0 spiro atoms. The van der Waals surface area contributed by atoms with E-state index in [-0.39, 0.29) is 17.1 Å². The monoisotopic (exact) mass is 594 g/mol. The van der Waals surface area contributed by atoms with Gasteiger partial charge in [0.15, 0.2) is 16.7 Å². The highest BCUT2D eigenvalue weighted by atomic mass is 32.2. The lowest BCUT2D eigenvalue weighted by Gasteiger charge is -2.36. The number of hydrogen-bond donors (Lipinski definition) is 0. The zero-order valence-electron chi connectivity index (χ0n) is 24.0. The van der Waals surface area contributed by atoms with Gasteiger partial charge in [-0.15, -0.1) is 0 Å². The van der Waals surface area contributed by atoms with Gasteiger partial charge in [0.05, 0.1) is 38.5 Å². The minimum atomic E-state index is -0.640. The Kier molecular flexibility index (Phi) is 8.87. The molecule has 1 aliphatic rings. The highest BCUT2D eigenvalue weighted by molar-refractivity contribution is 7.98. The lowest BCUT2D eigenvalue weighted by Crippen LogP contribution is -2.31. The van der Waals surface area contributed by atoms with Gasteiger partial charge in [0.25, 0.3) is 0 Å². The van der Waals surface area contributed by atoms with Gasteiger partial charge in [-0.25, -0.2) is 18.2 Å². The number of aryl methyl sites for hydroxylation is 1. The summed E-state index contributed by atoms with van der Waals surface area (Å²) >= 11 is 1.25. The molecule has 0 N–H and O–H groups in total. The second-order valence-corrected chi connectivity index (χ2v) is 11.2. The van der Waals surface area contributed by atoms with Crippen LogP contribution in [-0.4, -0.2) is 30.4 Å². The van der Waals surface area contributed by atoms with E-state index >= 15 is 8.78 Å². The van der Waals surface area contributed by atoms with Crippen molar-refractivity contribution < 1.29 is 27.4 Å². The molecule has 1 aromatic heterocycles. The van der Waals surface area contributed by atoms with E-state index in [4.69, 9.17) is 19.2 Å². The maximum atomic E-state index is 15.1. The van der Waals surface area contributed by atoms with Crippen LogP contribution in [0.4, 0.5) is 13.2 Å². The summed E-state index contributed by atoms with van der Waals surface area (Å²) in [5, 5.41) is 0.583. The van der Waals surface area contributed by atoms with Crippen LogP contribution in [0.3, 0.4) is 0 Å². The fraction of sp³-hybridized carbons (Fsp3) is 0.303. The number of hydrogen-bond acceptors (Lipinski definition) is 5. The smallest absolute Gasteiger partial charge is 0.173 e. The Morgan fingerprint density at radius 3 is 2.36 bits per heavy atom. The van der Waals surface area contributed by atoms with Gasteiger partial charge in [-0.3, -0.25) is 4.57 Å². The van der Waals surface area contributed by atoms with Crippen LogP contribution in [0.5, 0.6) is 11.5 Å². The summed E-state index contributed by atoms with van der Waals surface area (Å²) in [7, 11) is 3.20. The molecule has 5 rings (SSSR count). The summed E-state index contributed by atoms with van der Waals surface area (Å²) in [6.45, 7) is 4.46. The molecule has 1 atom stereocenters. The molecule has 4 aromatic rings. The Labute approximate surface area is 248 Å². The number of fused-ring (bicyclic) bond motifs is 1. The Morgan fingerprint density at radius 1 is 0.976 bits per heavy atom. The van der Waals surface area contributed by atoms with E-state index in [0.717, 1.165) is 41.9 Å².